The van der Waals surface area contributed by atoms with Crippen LogP contribution in [-0.4, -0.2) is 44.6 Å². The Kier molecular flexibility index (Phi) is 4.93. The minimum atomic E-state index is -3.27. The second kappa shape index (κ2) is 7.13. The van der Waals surface area contributed by atoms with Crippen LogP contribution in [0.5, 0.6) is 5.75 Å². The summed E-state index contributed by atoms with van der Waals surface area (Å²) in [7, 11) is -3.27. The van der Waals surface area contributed by atoms with E-state index in [1.165, 1.54) is 4.90 Å². The van der Waals surface area contributed by atoms with E-state index in [1.807, 2.05) is 6.92 Å². The highest BCUT2D eigenvalue weighted by Gasteiger charge is 2.54. The van der Waals surface area contributed by atoms with E-state index >= 15 is 0 Å². The van der Waals surface area contributed by atoms with Gasteiger partial charge in [-0.05, 0) is 49.4 Å². The molecule has 0 spiro atoms. The van der Waals surface area contributed by atoms with Crippen LogP contribution in [0.25, 0.3) is 0 Å². The molecule has 0 aliphatic carbocycles. The number of carbonyl (C=O) groups is 1. The second-order valence-electron chi connectivity index (χ2n) is 6.76. The second-order valence-corrected chi connectivity index (χ2v) is 9.73. The predicted molar refractivity (Wildman–Crippen MR) is 111 cm³/mol. The first-order valence-corrected chi connectivity index (χ1v) is 11.4. The average Bonchev–Trinajstić information content (AvgIpc) is 3.07. The van der Waals surface area contributed by atoms with Gasteiger partial charge in [0.25, 0.3) is 0 Å². The average molecular weight is 441 g/mol. The first kappa shape index (κ1) is 19.4. The van der Waals surface area contributed by atoms with E-state index in [9.17, 15) is 13.2 Å². The molecule has 2 aromatic carbocycles. The third kappa shape index (κ3) is 3.32. The highest BCUT2D eigenvalue weighted by molar-refractivity contribution is 7.91. The van der Waals surface area contributed by atoms with Crippen molar-refractivity contribution in [3.8, 4) is 5.75 Å². The summed E-state index contributed by atoms with van der Waals surface area (Å²) in [5, 5.41) is 0.680. The number of hydrogen-bond donors (Lipinski definition) is 0. The number of hydrogen-bond acceptors (Lipinski definition) is 4. The number of rotatable bonds is 4. The Labute approximate surface area is 173 Å². The summed E-state index contributed by atoms with van der Waals surface area (Å²) in [6, 6.07) is 10.7. The third-order valence-electron chi connectivity index (χ3n) is 4.98. The van der Waals surface area contributed by atoms with Crippen LogP contribution >= 0.6 is 23.2 Å². The normalized spacial score (nSPS) is 23.2. The van der Waals surface area contributed by atoms with Gasteiger partial charge in [-0.25, -0.2) is 13.2 Å². The molecule has 0 radical (unpaired) electrons. The molecular weight excluding hydrogens is 423 g/mol. The zero-order chi connectivity index (χ0) is 20.1. The molecule has 0 saturated carbocycles. The maximum atomic E-state index is 13.3. The zero-order valence-electron chi connectivity index (χ0n) is 15.0. The Morgan fingerprint density at radius 3 is 2.11 bits per heavy atom. The summed E-state index contributed by atoms with van der Waals surface area (Å²) in [5.74, 6) is 0.529. The first-order valence-electron chi connectivity index (χ1n) is 8.81. The molecule has 2 saturated heterocycles. The van der Waals surface area contributed by atoms with E-state index in [1.54, 1.807) is 47.4 Å². The molecule has 2 amide bonds. The van der Waals surface area contributed by atoms with E-state index in [2.05, 4.69) is 0 Å². The van der Waals surface area contributed by atoms with Crippen molar-refractivity contribution in [1.82, 2.24) is 0 Å². The maximum absolute atomic E-state index is 13.3. The molecular formula is C19H18Cl2N2O4S. The van der Waals surface area contributed by atoms with Crippen LogP contribution in [0.3, 0.4) is 0 Å². The Bertz CT molecular complexity index is 1030. The number of anilines is 2. The summed E-state index contributed by atoms with van der Waals surface area (Å²) in [4.78, 5) is 16.3. The molecule has 2 aromatic rings. The van der Waals surface area contributed by atoms with Crippen molar-refractivity contribution in [1.29, 1.82) is 0 Å². The molecule has 148 valence electrons. The Morgan fingerprint density at radius 2 is 1.54 bits per heavy atom. The highest BCUT2D eigenvalue weighted by atomic mass is 35.5. The fraction of sp³-hybridized carbons (Fsp3) is 0.316. The Balaban J connectivity index is 1.75. The molecule has 2 heterocycles. The third-order valence-corrected chi connectivity index (χ3v) is 7.41. The number of benzene rings is 2. The Morgan fingerprint density at radius 1 is 0.964 bits per heavy atom. The number of sulfone groups is 1. The van der Waals surface area contributed by atoms with Crippen LogP contribution in [0.15, 0.2) is 42.5 Å². The minimum Gasteiger partial charge on any atom is -0.494 e. The number of carbonyl (C=O) groups excluding carboxylic acids is 1. The molecule has 0 N–H and O–H groups in total. The van der Waals surface area contributed by atoms with Crippen LogP contribution in [0.2, 0.25) is 10.0 Å². The summed E-state index contributed by atoms with van der Waals surface area (Å²) in [5.41, 5.74) is 1.16. The molecule has 2 fully saturated rings. The molecule has 2 aliphatic heterocycles. The van der Waals surface area contributed by atoms with Crippen LogP contribution in [0.1, 0.15) is 6.92 Å². The van der Waals surface area contributed by atoms with Gasteiger partial charge in [0.05, 0.1) is 40.2 Å². The lowest BCUT2D eigenvalue weighted by atomic mass is 10.1. The van der Waals surface area contributed by atoms with E-state index < -0.39 is 21.9 Å². The van der Waals surface area contributed by atoms with Crippen LogP contribution in [-0.2, 0) is 9.84 Å². The number of halogens is 2. The van der Waals surface area contributed by atoms with Crippen LogP contribution < -0.4 is 14.5 Å². The molecule has 28 heavy (non-hydrogen) atoms. The Hall–Kier alpha value is -1.96. The monoisotopic (exact) mass is 440 g/mol. The van der Waals surface area contributed by atoms with E-state index in [4.69, 9.17) is 27.9 Å². The van der Waals surface area contributed by atoms with E-state index in [0.29, 0.717) is 33.8 Å². The van der Waals surface area contributed by atoms with Crippen LogP contribution in [0, 0.1) is 0 Å². The van der Waals surface area contributed by atoms with Gasteiger partial charge in [0.2, 0.25) is 0 Å². The summed E-state index contributed by atoms with van der Waals surface area (Å²) in [6.45, 7) is 2.43. The predicted octanol–water partition coefficient (Wildman–Crippen LogP) is 4.00. The smallest absolute Gasteiger partial charge is 0.329 e. The SMILES string of the molecule is CCOc1ccc(N2C(=O)N(c3ccc(Cl)c(Cl)c3)[C@H]3CS(=O)(=O)C[C@H]32)cc1. The molecule has 0 aromatic heterocycles. The van der Waals surface area contributed by atoms with Crippen molar-refractivity contribution in [2.24, 2.45) is 0 Å². The standard InChI is InChI=1S/C19H18Cl2N2O4S/c1-2-27-14-6-3-12(4-7-14)22-17-10-28(25,26)11-18(17)23(19(22)24)13-5-8-15(20)16(21)9-13/h3-9,17-18H,2,10-11H2,1H3/t17-,18+/m1/s1. The van der Waals surface area contributed by atoms with Gasteiger partial charge >= 0.3 is 6.03 Å². The maximum Gasteiger partial charge on any atom is 0.329 e. The largest absolute Gasteiger partial charge is 0.494 e. The lowest BCUT2D eigenvalue weighted by molar-refractivity contribution is 0.255. The van der Waals surface area contributed by atoms with Crippen molar-refractivity contribution in [2.45, 2.75) is 19.0 Å². The van der Waals surface area contributed by atoms with Crippen molar-refractivity contribution in [3.05, 3.63) is 52.5 Å². The molecule has 0 unspecified atom stereocenters. The van der Waals surface area contributed by atoms with Crippen molar-refractivity contribution < 1.29 is 17.9 Å². The number of ether oxygens (including phenoxy) is 1. The molecule has 2 atom stereocenters. The molecule has 2 aliphatic rings. The van der Waals surface area contributed by atoms with Gasteiger partial charge < -0.3 is 4.74 Å². The minimum absolute atomic E-state index is 0.0750. The summed E-state index contributed by atoms with van der Waals surface area (Å²) >= 11 is 12.1. The van der Waals surface area contributed by atoms with Gasteiger partial charge in [-0.3, -0.25) is 9.80 Å². The quantitative estimate of drug-likeness (QED) is 0.673. The van der Waals surface area contributed by atoms with Gasteiger partial charge in [0.15, 0.2) is 9.84 Å². The summed E-state index contributed by atoms with van der Waals surface area (Å²) < 4.78 is 30.1. The number of nitrogens with zero attached hydrogens (tertiary/aromatic N) is 2. The molecule has 9 heteroatoms. The van der Waals surface area contributed by atoms with Gasteiger partial charge in [-0.15, -0.1) is 0 Å². The fourth-order valence-corrected chi connectivity index (χ4v) is 6.02. The van der Waals surface area contributed by atoms with Gasteiger partial charge in [-0.2, -0.15) is 0 Å². The number of urea groups is 1. The lowest BCUT2D eigenvalue weighted by Gasteiger charge is -2.23. The molecule has 6 nitrogen and oxygen atoms in total. The van der Waals surface area contributed by atoms with Crippen molar-refractivity contribution >= 4 is 50.4 Å². The summed E-state index contributed by atoms with van der Waals surface area (Å²) in [6.07, 6.45) is 0. The van der Waals surface area contributed by atoms with Crippen LogP contribution in [0.4, 0.5) is 16.2 Å². The number of amides is 2. The molecule has 0 bridgehead atoms. The van der Waals surface area contributed by atoms with Gasteiger partial charge in [0, 0.05) is 11.4 Å². The van der Waals surface area contributed by atoms with E-state index in [-0.39, 0.29) is 17.5 Å². The lowest BCUT2D eigenvalue weighted by Crippen LogP contribution is -2.37. The van der Waals surface area contributed by atoms with Gasteiger partial charge in [-0.1, -0.05) is 23.2 Å². The fourth-order valence-electron chi connectivity index (χ4n) is 3.81. The van der Waals surface area contributed by atoms with Gasteiger partial charge in [0.1, 0.15) is 5.75 Å². The zero-order valence-corrected chi connectivity index (χ0v) is 17.3. The topological polar surface area (TPSA) is 66.9 Å². The van der Waals surface area contributed by atoms with E-state index in [0.717, 1.165) is 0 Å². The molecule has 4 rings (SSSR count). The number of fused-ring (bicyclic) bond motifs is 1. The van der Waals surface area contributed by atoms with Crippen molar-refractivity contribution in [2.75, 3.05) is 27.9 Å². The first-order chi connectivity index (χ1) is 13.3. The highest BCUT2D eigenvalue weighted by Crippen LogP contribution is 2.39. The van der Waals surface area contributed by atoms with Crippen molar-refractivity contribution in [3.63, 3.8) is 0 Å².